The largest absolute Gasteiger partial charge is 0.507 e. The van der Waals surface area contributed by atoms with E-state index < -0.39 is 29.7 Å². The van der Waals surface area contributed by atoms with E-state index in [2.05, 4.69) is 0 Å². The van der Waals surface area contributed by atoms with Crippen LogP contribution >= 0.6 is 11.6 Å². The highest BCUT2D eigenvalue weighted by molar-refractivity contribution is 6.33. The summed E-state index contributed by atoms with van der Waals surface area (Å²) in [5.74, 6) is -1.97. The zero-order valence-corrected chi connectivity index (χ0v) is 14.6. The number of Topliss-reactive ketones (excluding diaryl/α,β-unsaturated/α-hetero) is 1. The Labute approximate surface area is 150 Å². The van der Waals surface area contributed by atoms with Crippen molar-refractivity contribution in [3.63, 3.8) is 0 Å². The van der Waals surface area contributed by atoms with Crippen LogP contribution in [0.2, 0.25) is 5.02 Å². The van der Waals surface area contributed by atoms with Crippen LogP contribution < -0.4 is 0 Å². The first-order valence-electron chi connectivity index (χ1n) is 8.08. The number of phenolic OH excluding ortho intramolecular Hbond substituents is 2. The molecule has 1 heterocycles. The summed E-state index contributed by atoms with van der Waals surface area (Å²) < 4.78 is 5.27. The van der Waals surface area contributed by atoms with Gasteiger partial charge in [0.05, 0.1) is 11.1 Å². The van der Waals surface area contributed by atoms with Gasteiger partial charge in [-0.1, -0.05) is 23.8 Å². The highest BCUT2D eigenvalue weighted by atomic mass is 35.5. The van der Waals surface area contributed by atoms with E-state index in [1.54, 1.807) is 13.0 Å². The number of rotatable bonds is 0. The molecule has 7 heteroatoms. The van der Waals surface area contributed by atoms with Gasteiger partial charge in [0.15, 0.2) is 0 Å². The van der Waals surface area contributed by atoms with E-state index in [1.807, 2.05) is 6.08 Å². The van der Waals surface area contributed by atoms with Gasteiger partial charge in [0.1, 0.15) is 28.9 Å². The number of ketones is 1. The van der Waals surface area contributed by atoms with Gasteiger partial charge >= 0.3 is 5.97 Å². The van der Waals surface area contributed by atoms with Crippen LogP contribution in [0.3, 0.4) is 0 Å². The number of aromatic hydroxyl groups is 2. The van der Waals surface area contributed by atoms with Crippen molar-refractivity contribution in [3.05, 3.63) is 34.4 Å². The molecule has 0 radical (unpaired) electrons. The summed E-state index contributed by atoms with van der Waals surface area (Å²) >= 11 is 6.05. The maximum Gasteiger partial charge on any atom is 0.342 e. The summed E-state index contributed by atoms with van der Waals surface area (Å²) in [5, 5.41) is 29.6. The number of fused-ring (bicyclic) bond motifs is 1. The molecule has 1 aromatic carbocycles. The standard InChI is InChI=1S/C18H21ClO6/c1-10-7-11(20)5-3-2-4-6-12(21)8-13-16(18(24)25-10)14(22)9-15(23)17(13)19/h2-3,9-11,20,22-23H,4-8H2,1H3/t10-,11?/m1/s1. The predicted octanol–water partition coefficient (Wildman–Crippen LogP) is 2.90. The van der Waals surface area contributed by atoms with Crippen LogP contribution in [-0.4, -0.2) is 39.3 Å². The van der Waals surface area contributed by atoms with Crippen molar-refractivity contribution < 1.29 is 29.6 Å². The number of halogens is 1. The molecule has 0 aliphatic carbocycles. The van der Waals surface area contributed by atoms with Crippen molar-refractivity contribution in [3.8, 4) is 11.5 Å². The molecule has 1 unspecified atom stereocenters. The molecule has 0 bridgehead atoms. The summed E-state index contributed by atoms with van der Waals surface area (Å²) in [6.45, 7) is 1.63. The van der Waals surface area contributed by atoms with E-state index in [1.165, 1.54) is 0 Å². The van der Waals surface area contributed by atoms with E-state index in [9.17, 15) is 24.9 Å². The first-order chi connectivity index (χ1) is 11.8. The molecule has 25 heavy (non-hydrogen) atoms. The monoisotopic (exact) mass is 368 g/mol. The van der Waals surface area contributed by atoms with Crippen molar-refractivity contribution in [2.75, 3.05) is 0 Å². The Bertz CT molecular complexity index is 697. The van der Waals surface area contributed by atoms with Crippen LogP contribution in [0.5, 0.6) is 11.5 Å². The van der Waals surface area contributed by atoms with Crippen molar-refractivity contribution in [2.45, 2.75) is 51.2 Å². The number of allylic oxidation sites excluding steroid dienone is 1. The second-order valence-electron chi connectivity index (χ2n) is 6.15. The lowest BCUT2D eigenvalue weighted by atomic mass is 9.98. The number of benzene rings is 1. The molecular formula is C18H21ClO6. The van der Waals surface area contributed by atoms with Gasteiger partial charge in [-0.05, 0) is 19.8 Å². The fraction of sp³-hybridized carbons (Fsp3) is 0.444. The lowest BCUT2D eigenvalue weighted by Gasteiger charge is -2.19. The lowest BCUT2D eigenvalue weighted by Crippen LogP contribution is -2.22. The SMILES string of the molecule is C[C@@H]1CC(O)CC=CCCC(=O)Cc2c(Cl)c(O)cc(O)c2C(=O)O1. The Morgan fingerprint density at radius 3 is 2.64 bits per heavy atom. The molecule has 3 N–H and O–H groups in total. The third-order valence-electron chi connectivity index (χ3n) is 3.98. The quantitative estimate of drug-likeness (QED) is 0.480. The molecule has 136 valence electrons. The Kier molecular flexibility index (Phi) is 6.45. The molecule has 1 aromatic rings. The number of hydrogen-bond donors (Lipinski definition) is 3. The Hall–Kier alpha value is -2.05. The van der Waals surface area contributed by atoms with Crippen molar-refractivity contribution in [1.29, 1.82) is 0 Å². The van der Waals surface area contributed by atoms with Gasteiger partial charge in [0.25, 0.3) is 0 Å². The molecule has 0 amide bonds. The van der Waals surface area contributed by atoms with E-state index in [4.69, 9.17) is 16.3 Å². The van der Waals surface area contributed by atoms with Gasteiger partial charge < -0.3 is 20.1 Å². The third kappa shape index (κ3) is 4.96. The first-order valence-corrected chi connectivity index (χ1v) is 8.46. The van der Waals surface area contributed by atoms with Crippen molar-refractivity contribution in [1.82, 2.24) is 0 Å². The highest BCUT2D eigenvalue weighted by Crippen LogP contribution is 2.37. The minimum absolute atomic E-state index is 0.0444. The minimum Gasteiger partial charge on any atom is -0.507 e. The predicted molar refractivity (Wildman–Crippen MR) is 92.0 cm³/mol. The summed E-state index contributed by atoms with van der Waals surface area (Å²) in [6, 6.07) is 0.943. The molecule has 0 saturated heterocycles. The first kappa shape index (κ1) is 19.3. The average Bonchev–Trinajstić information content (AvgIpc) is 2.50. The number of esters is 1. The summed E-state index contributed by atoms with van der Waals surface area (Å²) in [5.41, 5.74) is -0.187. The van der Waals surface area contributed by atoms with Crippen LogP contribution in [0.1, 0.15) is 48.5 Å². The number of cyclic esters (lactones) is 1. The normalized spacial score (nSPS) is 22.8. The van der Waals surface area contributed by atoms with Gasteiger partial charge in [-0.15, -0.1) is 0 Å². The molecule has 1 aliphatic rings. The van der Waals surface area contributed by atoms with E-state index in [0.29, 0.717) is 12.8 Å². The molecule has 0 fully saturated rings. The van der Waals surface area contributed by atoms with Crippen LogP contribution in [-0.2, 0) is 16.0 Å². The summed E-state index contributed by atoms with van der Waals surface area (Å²) in [7, 11) is 0. The maximum atomic E-state index is 12.5. The number of ether oxygens (including phenoxy) is 1. The number of hydrogen-bond acceptors (Lipinski definition) is 6. The van der Waals surface area contributed by atoms with Gasteiger partial charge in [0.2, 0.25) is 0 Å². The molecule has 2 rings (SSSR count). The Morgan fingerprint density at radius 2 is 1.92 bits per heavy atom. The molecular weight excluding hydrogens is 348 g/mol. The number of carbonyl (C=O) groups excluding carboxylic acids is 2. The average molecular weight is 369 g/mol. The number of carbonyl (C=O) groups is 2. The zero-order valence-electron chi connectivity index (χ0n) is 13.9. The van der Waals surface area contributed by atoms with Gasteiger partial charge in [-0.2, -0.15) is 0 Å². The zero-order chi connectivity index (χ0) is 18.6. The molecule has 1 aliphatic heterocycles. The molecule has 2 atom stereocenters. The topological polar surface area (TPSA) is 104 Å². The number of phenols is 2. The third-order valence-corrected chi connectivity index (χ3v) is 4.40. The van der Waals surface area contributed by atoms with Crippen LogP contribution in [0.15, 0.2) is 18.2 Å². The van der Waals surface area contributed by atoms with Crippen LogP contribution in [0, 0.1) is 0 Å². The second-order valence-corrected chi connectivity index (χ2v) is 6.53. The second kappa shape index (κ2) is 8.36. The van der Waals surface area contributed by atoms with E-state index in [-0.39, 0.29) is 41.2 Å². The van der Waals surface area contributed by atoms with E-state index >= 15 is 0 Å². The fourth-order valence-electron chi connectivity index (χ4n) is 2.75. The fourth-order valence-corrected chi connectivity index (χ4v) is 2.96. The van der Waals surface area contributed by atoms with Gasteiger partial charge in [-0.3, -0.25) is 4.79 Å². The lowest BCUT2D eigenvalue weighted by molar-refractivity contribution is -0.118. The Morgan fingerprint density at radius 1 is 1.20 bits per heavy atom. The smallest absolute Gasteiger partial charge is 0.342 e. The highest BCUT2D eigenvalue weighted by Gasteiger charge is 2.26. The molecule has 0 spiro atoms. The molecule has 0 aromatic heterocycles. The Balaban J connectivity index is 2.44. The number of aliphatic hydroxyl groups is 1. The summed E-state index contributed by atoms with van der Waals surface area (Å²) in [4.78, 5) is 24.6. The van der Waals surface area contributed by atoms with Crippen molar-refractivity contribution in [2.24, 2.45) is 0 Å². The van der Waals surface area contributed by atoms with Crippen molar-refractivity contribution >= 4 is 23.4 Å². The number of aliphatic hydroxyl groups excluding tert-OH is 1. The van der Waals surface area contributed by atoms with Crippen LogP contribution in [0.25, 0.3) is 0 Å². The van der Waals surface area contributed by atoms with Gasteiger partial charge in [0, 0.05) is 30.9 Å². The summed E-state index contributed by atoms with van der Waals surface area (Å²) in [6.07, 6.45) is 3.45. The minimum atomic E-state index is -0.852. The van der Waals surface area contributed by atoms with Gasteiger partial charge in [-0.25, -0.2) is 4.79 Å². The molecule has 6 nitrogen and oxygen atoms in total. The maximum absolute atomic E-state index is 12.5. The van der Waals surface area contributed by atoms with E-state index in [0.717, 1.165) is 6.07 Å². The van der Waals surface area contributed by atoms with Crippen LogP contribution in [0.4, 0.5) is 0 Å². The molecule has 0 saturated carbocycles.